The van der Waals surface area contributed by atoms with E-state index in [1.807, 2.05) is 30.3 Å². The fraction of sp³-hybridized carbons (Fsp3) is 0.471. The lowest BCUT2D eigenvalue weighted by Crippen LogP contribution is -2.30. The number of nitrogens with zero attached hydrogens (tertiary/aromatic N) is 1. The molecule has 0 bridgehead atoms. The second-order valence-electron chi connectivity index (χ2n) is 4.55. The van der Waals surface area contributed by atoms with E-state index in [1.54, 1.807) is 0 Å². The molecule has 21 heavy (non-hydrogen) atoms. The molecule has 0 aromatic heterocycles. The molecule has 0 atom stereocenters. The maximum absolute atomic E-state index is 11.4. The summed E-state index contributed by atoms with van der Waals surface area (Å²) in [7, 11) is 0. The average Bonchev–Trinajstić information content (AvgIpc) is 2.53. The second-order valence-corrected chi connectivity index (χ2v) is 4.55. The fourth-order valence-electron chi connectivity index (χ4n) is 1.85. The van der Waals surface area contributed by atoms with E-state index in [0.29, 0.717) is 6.54 Å². The first-order valence-corrected chi connectivity index (χ1v) is 7.43. The average molecular weight is 288 g/mol. The lowest BCUT2D eigenvalue weighted by atomic mass is 10.2. The van der Waals surface area contributed by atoms with Crippen LogP contribution < -0.4 is 5.32 Å². The van der Waals surface area contributed by atoms with E-state index in [-0.39, 0.29) is 6.61 Å². The summed E-state index contributed by atoms with van der Waals surface area (Å²) < 4.78 is 4.99. The Hall–Kier alpha value is -1.99. The smallest absolute Gasteiger partial charge is 0.408 e. The molecule has 0 heterocycles. The fourth-order valence-corrected chi connectivity index (χ4v) is 1.85. The lowest BCUT2D eigenvalue weighted by molar-refractivity contribution is 0.159. The Morgan fingerprint density at radius 2 is 1.95 bits per heavy atom. The number of alkyl carbamates (subject to hydrolysis) is 1. The number of carbonyl (C=O) groups excluding carboxylic acids is 1. The van der Waals surface area contributed by atoms with E-state index in [4.69, 9.17) is 4.74 Å². The van der Waals surface area contributed by atoms with E-state index >= 15 is 0 Å². The Morgan fingerprint density at radius 1 is 1.24 bits per heavy atom. The van der Waals surface area contributed by atoms with Gasteiger partial charge in [0.1, 0.15) is 0 Å². The minimum Gasteiger partial charge on any atom is -0.436 e. The summed E-state index contributed by atoms with van der Waals surface area (Å²) in [6.45, 7) is 8.07. The second kappa shape index (κ2) is 10.8. The molecule has 0 aliphatic heterocycles. The van der Waals surface area contributed by atoms with Crippen molar-refractivity contribution < 1.29 is 9.53 Å². The van der Waals surface area contributed by atoms with Crippen molar-refractivity contribution in [1.82, 2.24) is 10.2 Å². The number of ether oxygens (including phenoxy) is 1. The third-order valence-corrected chi connectivity index (χ3v) is 3.10. The number of carbonyl (C=O) groups is 1. The van der Waals surface area contributed by atoms with Crippen LogP contribution in [0.4, 0.5) is 4.79 Å². The predicted octanol–water partition coefficient (Wildman–Crippen LogP) is 2.50. The van der Waals surface area contributed by atoms with Crippen molar-refractivity contribution in [3.8, 4) is 11.8 Å². The van der Waals surface area contributed by atoms with Crippen molar-refractivity contribution in [1.29, 1.82) is 0 Å². The van der Waals surface area contributed by atoms with Crippen LogP contribution >= 0.6 is 0 Å². The molecule has 1 rings (SSSR count). The van der Waals surface area contributed by atoms with Crippen LogP contribution in [0.15, 0.2) is 30.3 Å². The molecule has 0 aliphatic rings. The minimum atomic E-state index is -0.406. The van der Waals surface area contributed by atoms with Crippen LogP contribution in [0, 0.1) is 11.8 Å². The van der Waals surface area contributed by atoms with Gasteiger partial charge in [0.05, 0.1) is 0 Å². The maximum atomic E-state index is 11.4. The van der Waals surface area contributed by atoms with Gasteiger partial charge in [0, 0.05) is 12.1 Å². The molecule has 114 valence electrons. The highest BCUT2D eigenvalue weighted by molar-refractivity contribution is 5.67. The zero-order chi connectivity index (χ0) is 15.3. The summed E-state index contributed by atoms with van der Waals surface area (Å²) in [5, 5.41) is 2.73. The molecule has 4 heteroatoms. The zero-order valence-electron chi connectivity index (χ0n) is 12.9. The monoisotopic (exact) mass is 288 g/mol. The quantitative estimate of drug-likeness (QED) is 0.619. The van der Waals surface area contributed by atoms with Gasteiger partial charge in [-0.1, -0.05) is 43.9 Å². The molecule has 0 radical (unpaired) electrons. The topological polar surface area (TPSA) is 41.6 Å². The third-order valence-electron chi connectivity index (χ3n) is 3.10. The summed E-state index contributed by atoms with van der Waals surface area (Å²) in [6.07, 6.45) is 0.517. The molecule has 0 saturated heterocycles. The number of rotatable bonds is 7. The summed E-state index contributed by atoms with van der Waals surface area (Å²) in [5.74, 6) is 5.75. The first kappa shape index (κ1) is 17.1. The van der Waals surface area contributed by atoms with Crippen LogP contribution in [0.1, 0.15) is 25.8 Å². The van der Waals surface area contributed by atoms with Gasteiger partial charge in [0.2, 0.25) is 0 Å². The molecular formula is C17H24N2O2. The van der Waals surface area contributed by atoms with E-state index in [9.17, 15) is 4.79 Å². The van der Waals surface area contributed by atoms with Crippen LogP contribution in [0.2, 0.25) is 0 Å². The highest BCUT2D eigenvalue weighted by Crippen LogP contribution is 1.94. The van der Waals surface area contributed by atoms with Crippen molar-refractivity contribution in [2.45, 2.75) is 20.3 Å². The summed E-state index contributed by atoms with van der Waals surface area (Å²) >= 11 is 0. The highest BCUT2D eigenvalue weighted by atomic mass is 16.5. The Balaban J connectivity index is 2.11. The van der Waals surface area contributed by atoms with E-state index in [1.165, 1.54) is 0 Å². The number of benzene rings is 1. The first-order chi connectivity index (χ1) is 10.3. The van der Waals surface area contributed by atoms with Crippen LogP contribution in [-0.2, 0) is 4.74 Å². The molecule has 1 amide bonds. The van der Waals surface area contributed by atoms with Gasteiger partial charge in [-0.25, -0.2) is 4.79 Å². The van der Waals surface area contributed by atoms with Crippen molar-refractivity contribution in [2.24, 2.45) is 0 Å². The SMILES string of the molecule is CCN(CC)CCCNC(=O)OCC#Cc1ccccc1. The standard InChI is InChI=1S/C17H24N2O2/c1-3-19(4-2)14-9-13-18-17(20)21-15-8-12-16-10-6-5-7-11-16/h5-7,10-11H,3-4,9,13-15H2,1-2H3,(H,18,20). The van der Waals surface area contributed by atoms with Gasteiger partial charge in [-0.05, 0) is 38.2 Å². The van der Waals surface area contributed by atoms with Crippen LogP contribution in [0.5, 0.6) is 0 Å². The van der Waals surface area contributed by atoms with E-state index in [2.05, 4.69) is 35.9 Å². The Kier molecular flexibility index (Phi) is 8.74. The number of amides is 1. The predicted molar refractivity (Wildman–Crippen MR) is 85.1 cm³/mol. The zero-order valence-corrected chi connectivity index (χ0v) is 12.9. The molecular weight excluding hydrogens is 264 g/mol. The van der Waals surface area contributed by atoms with Crippen LogP contribution in [0.3, 0.4) is 0 Å². The van der Waals surface area contributed by atoms with Crippen molar-refractivity contribution in [2.75, 3.05) is 32.8 Å². The lowest BCUT2D eigenvalue weighted by Gasteiger charge is -2.17. The third kappa shape index (κ3) is 8.01. The van der Waals surface area contributed by atoms with Gasteiger partial charge in [-0.2, -0.15) is 0 Å². The largest absolute Gasteiger partial charge is 0.436 e. The van der Waals surface area contributed by atoms with Crippen LogP contribution in [-0.4, -0.2) is 43.8 Å². The van der Waals surface area contributed by atoms with Gasteiger partial charge in [0.25, 0.3) is 0 Å². The highest BCUT2D eigenvalue weighted by Gasteiger charge is 2.01. The summed E-state index contributed by atoms with van der Waals surface area (Å²) in [5.41, 5.74) is 0.917. The molecule has 0 unspecified atom stereocenters. The summed E-state index contributed by atoms with van der Waals surface area (Å²) in [6, 6.07) is 9.62. The summed E-state index contributed by atoms with van der Waals surface area (Å²) in [4.78, 5) is 13.7. The van der Waals surface area contributed by atoms with Crippen molar-refractivity contribution in [3.63, 3.8) is 0 Å². The van der Waals surface area contributed by atoms with E-state index in [0.717, 1.165) is 31.6 Å². The molecule has 4 nitrogen and oxygen atoms in total. The Morgan fingerprint density at radius 3 is 2.62 bits per heavy atom. The molecule has 0 saturated carbocycles. The molecule has 1 N–H and O–H groups in total. The molecule has 1 aromatic rings. The molecule has 0 fully saturated rings. The van der Waals surface area contributed by atoms with Gasteiger partial charge in [0.15, 0.2) is 6.61 Å². The Labute approximate surface area is 127 Å². The maximum Gasteiger partial charge on any atom is 0.408 e. The molecule has 0 aliphatic carbocycles. The first-order valence-electron chi connectivity index (χ1n) is 7.43. The van der Waals surface area contributed by atoms with Gasteiger partial charge < -0.3 is 15.0 Å². The van der Waals surface area contributed by atoms with Crippen molar-refractivity contribution in [3.05, 3.63) is 35.9 Å². The Bertz CT molecular complexity index is 459. The normalized spacial score (nSPS) is 9.86. The van der Waals surface area contributed by atoms with Crippen molar-refractivity contribution >= 4 is 6.09 Å². The van der Waals surface area contributed by atoms with Gasteiger partial charge in [-0.15, -0.1) is 0 Å². The minimum absolute atomic E-state index is 0.108. The van der Waals surface area contributed by atoms with Gasteiger partial charge in [-0.3, -0.25) is 0 Å². The van der Waals surface area contributed by atoms with Gasteiger partial charge >= 0.3 is 6.09 Å². The number of nitrogens with one attached hydrogen (secondary N) is 1. The van der Waals surface area contributed by atoms with Crippen LogP contribution in [0.25, 0.3) is 0 Å². The number of hydrogen-bond donors (Lipinski definition) is 1. The van der Waals surface area contributed by atoms with E-state index < -0.39 is 6.09 Å². The number of hydrogen-bond acceptors (Lipinski definition) is 3. The molecule has 1 aromatic carbocycles. The molecule has 0 spiro atoms.